The summed E-state index contributed by atoms with van der Waals surface area (Å²) in [5, 5.41) is 3.91. The van der Waals surface area contributed by atoms with E-state index in [1.54, 1.807) is 0 Å². The molecule has 0 heterocycles. The molecule has 0 spiro atoms. The first-order valence-corrected chi connectivity index (χ1v) is 10.4. The molecule has 2 heteroatoms. The summed E-state index contributed by atoms with van der Waals surface area (Å²) in [4.78, 5) is 0. The number of rotatable bonds is 6. The Labute approximate surface area is 162 Å². The Kier molecular flexibility index (Phi) is 5.62. The van der Waals surface area contributed by atoms with E-state index in [0.29, 0.717) is 6.61 Å². The van der Waals surface area contributed by atoms with E-state index in [2.05, 4.69) is 91.0 Å². The molecule has 4 rings (SSSR count). The van der Waals surface area contributed by atoms with Crippen molar-refractivity contribution in [1.82, 2.24) is 0 Å². The highest BCUT2D eigenvalue weighted by Crippen LogP contribution is 2.36. The third-order valence-corrected chi connectivity index (χ3v) is 6.85. The lowest BCUT2D eigenvalue weighted by atomic mass is 10.2. The van der Waals surface area contributed by atoms with Crippen molar-refractivity contribution >= 4 is 23.8 Å². The minimum absolute atomic E-state index is 0.574. The third kappa shape index (κ3) is 4.27. The van der Waals surface area contributed by atoms with Gasteiger partial charge in [0.05, 0.1) is 0 Å². The Balaban J connectivity index is 1.72. The second kappa shape index (κ2) is 8.66. The SMILES string of the molecule is c1ccc(COc2ccccc2P(c2ccccc2)c2ccccc2)cc1. The normalized spacial score (nSPS) is 10.7. The van der Waals surface area contributed by atoms with Crippen LogP contribution in [0.4, 0.5) is 0 Å². The Hall–Kier alpha value is -2.89. The highest BCUT2D eigenvalue weighted by molar-refractivity contribution is 7.80. The number of hydrogen-bond donors (Lipinski definition) is 0. The quantitative estimate of drug-likeness (QED) is 0.434. The van der Waals surface area contributed by atoms with E-state index in [0.717, 1.165) is 5.75 Å². The molecular formula is C25H21OP. The van der Waals surface area contributed by atoms with E-state index in [9.17, 15) is 0 Å². The van der Waals surface area contributed by atoms with Gasteiger partial charge >= 0.3 is 0 Å². The summed E-state index contributed by atoms with van der Waals surface area (Å²) in [6.45, 7) is 0.574. The van der Waals surface area contributed by atoms with Gasteiger partial charge in [0, 0.05) is 5.30 Å². The third-order valence-electron chi connectivity index (χ3n) is 4.37. The lowest BCUT2D eigenvalue weighted by Gasteiger charge is -2.22. The molecule has 0 fully saturated rings. The molecule has 0 radical (unpaired) electrons. The van der Waals surface area contributed by atoms with E-state index in [-0.39, 0.29) is 0 Å². The fraction of sp³-hybridized carbons (Fsp3) is 0.0400. The van der Waals surface area contributed by atoms with Gasteiger partial charge in [-0.25, -0.2) is 0 Å². The zero-order chi connectivity index (χ0) is 18.3. The topological polar surface area (TPSA) is 9.23 Å². The zero-order valence-electron chi connectivity index (χ0n) is 15.0. The second-order valence-corrected chi connectivity index (χ2v) is 8.43. The number of benzene rings is 4. The second-order valence-electron chi connectivity index (χ2n) is 6.25. The Morgan fingerprint density at radius 1 is 0.519 bits per heavy atom. The van der Waals surface area contributed by atoms with Gasteiger partial charge in [0.25, 0.3) is 0 Å². The number of hydrogen-bond acceptors (Lipinski definition) is 1. The van der Waals surface area contributed by atoms with E-state index in [1.165, 1.54) is 21.5 Å². The van der Waals surface area contributed by atoms with Crippen molar-refractivity contribution in [3.05, 3.63) is 121 Å². The van der Waals surface area contributed by atoms with Crippen molar-refractivity contribution in [2.75, 3.05) is 0 Å². The van der Waals surface area contributed by atoms with Crippen LogP contribution in [0, 0.1) is 0 Å². The summed E-state index contributed by atoms with van der Waals surface area (Å²) >= 11 is 0. The number of ether oxygens (including phenoxy) is 1. The van der Waals surface area contributed by atoms with Crippen LogP contribution in [0.3, 0.4) is 0 Å². The van der Waals surface area contributed by atoms with Crippen molar-refractivity contribution in [3.8, 4) is 5.75 Å². The van der Waals surface area contributed by atoms with Crippen molar-refractivity contribution in [3.63, 3.8) is 0 Å². The van der Waals surface area contributed by atoms with E-state index >= 15 is 0 Å². The van der Waals surface area contributed by atoms with Crippen LogP contribution < -0.4 is 20.7 Å². The molecule has 0 saturated carbocycles. The van der Waals surface area contributed by atoms with Crippen LogP contribution in [-0.2, 0) is 6.61 Å². The fourth-order valence-corrected chi connectivity index (χ4v) is 5.47. The molecule has 0 amide bonds. The monoisotopic (exact) mass is 368 g/mol. The molecule has 132 valence electrons. The molecule has 0 aliphatic heterocycles. The van der Waals surface area contributed by atoms with Crippen LogP contribution in [0.1, 0.15) is 5.56 Å². The van der Waals surface area contributed by atoms with Gasteiger partial charge in [0.2, 0.25) is 0 Å². The van der Waals surface area contributed by atoms with E-state index < -0.39 is 7.92 Å². The van der Waals surface area contributed by atoms with Gasteiger partial charge in [0.1, 0.15) is 12.4 Å². The molecule has 4 aromatic rings. The average Bonchev–Trinajstić information content (AvgIpc) is 2.76. The van der Waals surface area contributed by atoms with Gasteiger partial charge in [-0.3, -0.25) is 0 Å². The first-order chi connectivity index (χ1) is 13.4. The summed E-state index contributed by atoms with van der Waals surface area (Å²) in [6, 6.07) is 40.2. The first-order valence-electron chi connectivity index (χ1n) is 9.08. The Morgan fingerprint density at radius 2 is 1.00 bits per heavy atom. The van der Waals surface area contributed by atoms with Gasteiger partial charge in [-0.15, -0.1) is 0 Å². The van der Waals surface area contributed by atoms with Crippen molar-refractivity contribution in [2.24, 2.45) is 0 Å². The largest absolute Gasteiger partial charge is 0.488 e. The Bertz CT molecular complexity index is 929. The van der Waals surface area contributed by atoms with Crippen LogP contribution in [0.5, 0.6) is 5.75 Å². The molecule has 0 aromatic heterocycles. The maximum atomic E-state index is 6.26. The predicted molar refractivity (Wildman–Crippen MR) is 116 cm³/mol. The lowest BCUT2D eigenvalue weighted by molar-refractivity contribution is 0.309. The standard InChI is InChI=1S/C25H21OP/c1-4-12-21(13-5-1)20-26-24-18-10-11-19-25(24)27(22-14-6-2-7-15-22)23-16-8-3-9-17-23/h1-19H,20H2. The van der Waals surface area contributed by atoms with Crippen LogP contribution in [0.2, 0.25) is 0 Å². The summed E-state index contributed by atoms with van der Waals surface area (Å²) in [5.41, 5.74) is 1.18. The average molecular weight is 368 g/mol. The van der Waals surface area contributed by atoms with E-state index in [1.807, 2.05) is 24.3 Å². The highest BCUT2D eigenvalue weighted by Gasteiger charge is 2.19. The van der Waals surface area contributed by atoms with Crippen molar-refractivity contribution in [1.29, 1.82) is 0 Å². The summed E-state index contributed by atoms with van der Waals surface area (Å²) < 4.78 is 6.26. The minimum atomic E-state index is -0.672. The molecule has 0 bridgehead atoms. The maximum absolute atomic E-state index is 6.26. The Morgan fingerprint density at radius 3 is 1.59 bits per heavy atom. The minimum Gasteiger partial charge on any atom is -0.488 e. The lowest BCUT2D eigenvalue weighted by Crippen LogP contribution is -2.22. The van der Waals surface area contributed by atoms with Crippen LogP contribution in [0.15, 0.2) is 115 Å². The molecule has 0 unspecified atom stereocenters. The molecule has 0 aliphatic carbocycles. The van der Waals surface area contributed by atoms with Crippen molar-refractivity contribution in [2.45, 2.75) is 6.61 Å². The molecule has 0 N–H and O–H groups in total. The summed E-state index contributed by atoms with van der Waals surface area (Å²) in [7, 11) is -0.672. The molecular weight excluding hydrogens is 347 g/mol. The smallest absolute Gasteiger partial charge is 0.128 e. The molecule has 27 heavy (non-hydrogen) atoms. The first kappa shape index (κ1) is 17.5. The van der Waals surface area contributed by atoms with E-state index in [4.69, 9.17) is 4.74 Å². The molecule has 1 nitrogen and oxygen atoms in total. The molecule has 0 atom stereocenters. The summed E-state index contributed by atoms with van der Waals surface area (Å²) in [5.74, 6) is 0.958. The maximum Gasteiger partial charge on any atom is 0.128 e. The molecule has 0 saturated heterocycles. The van der Waals surface area contributed by atoms with Crippen LogP contribution >= 0.6 is 7.92 Å². The van der Waals surface area contributed by atoms with Gasteiger partial charge < -0.3 is 4.74 Å². The van der Waals surface area contributed by atoms with Gasteiger partial charge in [-0.1, -0.05) is 109 Å². The van der Waals surface area contributed by atoms with Gasteiger partial charge in [-0.2, -0.15) is 0 Å². The molecule has 0 aliphatic rings. The van der Waals surface area contributed by atoms with Crippen LogP contribution in [-0.4, -0.2) is 0 Å². The fourth-order valence-electron chi connectivity index (χ4n) is 3.08. The van der Waals surface area contributed by atoms with Crippen LogP contribution in [0.25, 0.3) is 0 Å². The summed E-state index contributed by atoms with van der Waals surface area (Å²) in [6.07, 6.45) is 0. The zero-order valence-corrected chi connectivity index (χ0v) is 15.9. The predicted octanol–water partition coefficient (Wildman–Crippen LogP) is 5.02. The number of para-hydroxylation sites is 1. The van der Waals surface area contributed by atoms with Crippen molar-refractivity contribution < 1.29 is 4.74 Å². The van der Waals surface area contributed by atoms with Gasteiger partial charge in [-0.05, 0) is 30.2 Å². The molecule has 4 aromatic carbocycles. The highest BCUT2D eigenvalue weighted by atomic mass is 31.1. The van der Waals surface area contributed by atoms with Gasteiger partial charge in [0.15, 0.2) is 0 Å².